The molecule has 0 unspecified atom stereocenters. The first-order valence-corrected chi connectivity index (χ1v) is 9.27. The highest BCUT2D eigenvalue weighted by Crippen LogP contribution is 2.54. The van der Waals surface area contributed by atoms with Crippen molar-refractivity contribution in [1.82, 2.24) is 5.32 Å². The number of nitrogens with two attached hydrogens (primary N) is 1. The zero-order chi connectivity index (χ0) is 15.9. The number of hydrogen-bond acceptors (Lipinski definition) is 1. The molecule has 0 heterocycles. The van der Waals surface area contributed by atoms with E-state index in [2.05, 4.69) is 29.7 Å². The molecule has 4 saturated carbocycles. The summed E-state index contributed by atoms with van der Waals surface area (Å²) in [7, 11) is 0. The molecule has 124 valence electrons. The molecule has 1 aromatic rings. The molecule has 3 N–H and O–H groups in total. The fourth-order valence-electron chi connectivity index (χ4n) is 5.81. The Hall–Kier alpha value is -1.35. The molecular weight excluding hydrogens is 284 g/mol. The fourth-order valence-corrected chi connectivity index (χ4v) is 5.81. The fraction of sp³-hybridized carbons (Fsp3) is 0.650. The number of benzene rings is 1. The number of amides is 1. The van der Waals surface area contributed by atoms with Crippen molar-refractivity contribution in [2.24, 2.45) is 17.8 Å². The Balaban J connectivity index is 1.29. The minimum Gasteiger partial charge on any atom is -0.347 e. The maximum Gasteiger partial charge on any atom is 0.275 e. The number of carbonyl (C=O) groups excluding carboxylic acids is 1. The number of nitrogens with one attached hydrogen (secondary N) is 1. The van der Waals surface area contributed by atoms with Crippen molar-refractivity contribution >= 4 is 5.91 Å². The molecular formula is C20H29N2O+. The van der Waals surface area contributed by atoms with Crippen molar-refractivity contribution in [3.8, 4) is 0 Å². The Morgan fingerprint density at radius 1 is 1.13 bits per heavy atom. The number of rotatable bonds is 5. The van der Waals surface area contributed by atoms with Gasteiger partial charge in [-0.05, 0) is 55.1 Å². The molecule has 0 saturated heterocycles. The van der Waals surface area contributed by atoms with Crippen molar-refractivity contribution in [3.63, 3.8) is 0 Å². The minimum absolute atomic E-state index is 0.184. The van der Waals surface area contributed by atoms with Crippen LogP contribution < -0.4 is 10.6 Å². The molecule has 0 atom stereocenters. The van der Waals surface area contributed by atoms with Gasteiger partial charge in [-0.3, -0.25) is 4.79 Å². The van der Waals surface area contributed by atoms with E-state index in [1.54, 1.807) is 0 Å². The highest BCUT2D eigenvalue weighted by molar-refractivity contribution is 5.76. The first-order valence-electron chi connectivity index (χ1n) is 9.27. The van der Waals surface area contributed by atoms with Crippen LogP contribution in [0.5, 0.6) is 0 Å². The van der Waals surface area contributed by atoms with E-state index in [-0.39, 0.29) is 5.91 Å². The zero-order valence-corrected chi connectivity index (χ0v) is 14.2. The standard InChI is InChI=1S/C20H28N2O/c1-14-4-2-3-5-18(14)12-21-19(23)13-22-20-9-15-6-16(10-20)8-17(7-15)11-20/h2-5,15-17,22H,6-13H2,1H3,(H,21,23)/p+1. The van der Waals surface area contributed by atoms with Crippen LogP contribution in [0.3, 0.4) is 0 Å². The molecule has 4 bridgehead atoms. The van der Waals surface area contributed by atoms with E-state index in [1.165, 1.54) is 49.7 Å². The van der Waals surface area contributed by atoms with Crippen molar-refractivity contribution in [2.75, 3.05) is 6.54 Å². The maximum absolute atomic E-state index is 12.3. The summed E-state index contributed by atoms with van der Waals surface area (Å²) in [6, 6.07) is 8.28. The molecule has 4 fully saturated rings. The summed E-state index contributed by atoms with van der Waals surface area (Å²) in [6.07, 6.45) is 8.45. The molecule has 1 amide bonds. The SMILES string of the molecule is Cc1ccccc1CNC(=O)C[NH2+]C12CC3CC(CC(C3)C1)C2. The summed E-state index contributed by atoms with van der Waals surface area (Å²) in [5.74, 6) is 3.04. The van der Waals surface area contributed by atoms with Crippen LogP contribution >= 0.6 is 0 Å². The largest absolute Gasteiger partial charge is 0.347 e. The Morgan fingerprint density at radius 2 is 1.74 bits per heavy atom. The smallest absolute Gasteiger partial charge is 0.275 e. The lowest BCUT2D eigenvalue weighted by molar-refractivity contribution is -0.730. The molecule has 0 spiro atoms. The molecule has 3 heteroatoms. The van der Waals surface area contributed by atoms with Gasteiger partial charge in [0.15, 0.2) is 6.54 Å². The van der Waals surface area contributed by atoms with Crippen LogP contribution in [0.4, 0.5) is 0 Å². The van der Waals surface area contributed by atoms with Crippen LogP contribution in [0.1, 0.15) is 49.7 Å². The zero-order valence-electron chi connectivity index (χ0n) is 14.2. The molecule has 0 radical (unpaired) electrons. The van der Waals surface area contributed by atoms with Gasteiger partial charge in [0.1, 0.15) is 0 Å². The van der Waals surface area contributed by atoms with E-state index in [4.69, 9.17) is 0 Å². The van der Waals surface area contributed by atoms with E-state index >= 15 is 0 Å². The van der Waals surface area contributed by atoms with E-state index < -0.39 is 0 Å². The Kier molecular flexibility index (Phi) is 3.92. The molecule has 0 aliphatic heterocycles. The molecule has 4 aliphatic rings. The summed E-state index contributed by atoms with van der Waals surface area (Å²) in [5, 5.41) is 5.50. The average molecular weight is 313 g/mol. The highest BCUT2D eigenvalue weighted by Gasteiger charge is 2.53. The second-order valence-corrected chi connectivity index (χ2v) is 8.39. The van der Waals surface area contributed by atoms with Crippen molar-refractivity contribution in [2.45, 2.75) is 57.5 Å². The van der Waals surface area contributed by atoms with Gasteiger partial charge in [-0.1, -0.05) is 24.3 Å². The third kappa shape index (κ3) is 3.16. The maximum atomic E-state index is 12.3. The van der Waals surface area contributed by atoms with Crippen molar-refractivity contribution in [1.29, 1.82) is 0 Å². The van der Waals surface area contributed by atoms with Crippen LogP contribution in [0.2, 0.25) is 0 Å². The molecule has 3 nitrogen and oxygen atoms in total. The van der Waals surface area contributed by atoms with Gasteiger partial charge in [-0.25, -0.2) is 0 Å². The quantitative estimate of drug-likeness (QED) is 0.859. The molecule has 23 heavy (non-hydrogen) atoms. The summed E-state index contributed by atoms with van der Waals surface area (Å²) in [5.41, 5.74) is 2.86. The van der Waals surface area contributed by atoms with Crippen LogP contribution in [0.25, 0.3) is 0 Å². The highest BCUT2D eigenvalue weighted by atomic mass is 16.1. The van der Waals surface area contributed by atoms with Gasteiger partial charge in [0.05, 0.1) is 5.54 Å². The lowest BCUT2D eigenvalue weighted by Gasteiger charge is -2.54. The second kappa shape index (κ2) is 5.94. The van der Waals surface area contributed by atoms with Gasteiger partial charge < -0.3 is 10.6 Å². The first kappa shape index (κ1) is 15.2. The molecule has 1 aromatic carbocycles. The van der Waals surface area contributed by atoms with Crippen LogP contribution in [-0.2, 0) is 11.3 Å². The van der Waals surface area contributed by atoms with Crippen molar-refractivity contribution in [3.05, 3.63) is 35.4 Å². The number of aryl methyl sites for hydroxylation is 1. The van der Waals surface area contributed by atoms with Gasteiger partial charge in [-0.2, -0.15) is 0 Å². The average Bonchev–Trinajstić information content (AvgIpc) is 2.51. The summed E-state index contributed by atoms with van der Waals surface area (Å²) >= 11 is 0. The van der Waals surface area contributed by atoms with Crippen LogP contribution in [0, 0.1) is 24.7 Å². The second-order valence-electron chi connectivity index (χ2n) is 8.39. The van der Waals surface area contributed by atoms with E-state index in [0.717, 1.165) is 17.8 Å². The lowest BCUT2D eigenvalue weighted by Crippen LogP contribution is -3.00. The van der Waals surface area contributed by atoms with E-state index in [1.807, 2.05) is 12.1 Å². The summed E-state index contributed by atoms with van der Waals surface area (Å²) in [6.45, 7) is 3.35. The van der Waals surface area contributed by atoms with E-state index in [0.29, 0.717) is 18.6 Å². The Morgan fingerprint density at radius 3 is 2.35 bits per heavy atom. The first-order chi connectivity index (χ1) is 11.1. The number of hydrogen-bond donors (Lipinski definition) is 2. The van der Waals surface area contributed by atoms with Crippen LogP contribution in [0.15, 0.2) is 24.3 Å². The summed E-state index contributed by atoms with van der Waals surface area (Å²) in [4.78, 5) is 12.3. The van der Waals surface area contributed by atoms with Gasteiger partial charge in [0, 0.05) is 25.8 Å². The molecule has 5 rings (SSSR count). The number of carbonyl (C=O) groups is 1. The predicted molar refractivity (Wildman–Crippen MR) is 90.7 cm³/mol. The third-order valence-corrected chi connectivity index (χ3v) is 6.54. The Labute approximate surface area is 139 Å². The van der Waals surface area contributed by atoms with E-state index in [9.17, 15) is 4.79 Å². The molecule has 4 aliphatic carbocycles. The van der Waals surface area contributed by atoms with Gasteiger partial charge in [-0.15, -0.1) is 0 Å². The lowest BCUT2D eigenvalue weighted by atomic mass is 9.53. The normalized spacial score (nSPS) is 34.6. The van der Waals surface area contributed by atoms with Crippen LogP contribution in [-0.4, -0.2) is 18.0 Å². The van der Waals surface area contributed by atoms with Gasteiger partial charge in [0.2, 0.25) is 0 Å². The third-order valence-electron chi connectivity index (χ3n) is 6.54. The van der Waals surface area contributed by atoms with Gasteiger partial charge >= 0.3 is 0 Å². The minimum atomic E-state index is 0.184. The number of quaternary nitrogens is 1. The summed E-state index contributed by atoms with van der Waals surface area (Å²) < 4.78 is 0. The monoisotopic (exact) mass is 313 g/mol. The topological polar surface area (TPSA) is 45.7 Å². The predicted octanol–water partition coefficient (Wildman–Crippen LogP) is 2.14. The molecule has 0 aromatic heterocycles. The Bertz CT molecular complexity index is 560. The van der Waals surface area contributed by atoms with Gasteiger partial charge in [0.25, 0.3) is 5.91 Å². The van der Waals surface area contributed by atoms with Crippen molar-refractivity contribution < 1.29 is 10.1 Å².